The van der Waals surface area contributed by atoms with Crippen LogP contribution in [0.3, 0.4) is 0 Å². The van der Waals surface area contributed by atoms with Gasteiger partial charge in [0, 0.05) is 19.2 Å². The average Bonchev–Trinajstić information content (AvgIpc) is 3.48. The number of nitro groups is 1. The third-order valence-corrected chi connectivity index (χ3v) is 7.22. The molecule has 0 unspecified atom stereocenters. The van der Waals surface area contributed by atoms with E-state index in [1.54, 1.807) is 6.07 Å². The van der Waals surface area contributed by atoms with Gasteiger partial charge < -0.3 is 60.0 Å². The summed E-state index contributed by atoms with van der Waals surface area (Å²) in [4.78, 5) is 10.5. The number of nitro benzene ring substituents is 1. The summed E-state index contributed by atoms with van der Waals surface area (Å²) in [5, 5.41) is 92.0. The van der Waals surface area contributed by atoms with E-state index >= 15 is 0 Å². The highest BCUT2D eigenvalue weighted by Crippen LogP contribution is 2.30. The second-order valence-electron chi connectivity index (χ2n) is 10.1. The third-order valence-electron chi connectivity index (χ3n) is 7.22. The second kappa shape index (κ2) is 14.7. The second-order valence-corrected chi connectivity index (χ2v) is 10.1. The molecule has 2 aliphatic heterocycles. The van der Waals surface area contributed by atoms with E-state index in [-0.39, 0.29) is 23.3 Å². The van der Waals surface area contributed by atoms with Gasteiger partial charge in [0.2, 0.25) is 5.52 Å². The Hall–Kier alpha value is -2.62. The summed E-state index contributed by atoms with van der Waals surface area (Å²) in [6, 6.07) is 2.87. The summed E-state index contributed by atoms with van der Waals surface area (Å²) in [6.07, 6.45) is -12.1. The number of nitrogens with one attached hydrogen (secondary N) is 1. The van der Waals surface area contributed by atoms with E-state index in [2.05, 4.69) is 20.3 Å². The van der Waals surface area contributed by atoms with Gasteiger partial charge in [0.15, 0.2) is 18.1 Å². The number of unbranched alkanes of at least 4 members (excludes halogenated alkanes) is 3. The predicted octanol–water partition coefficient (Wildman–Crippen LogP) is -2.26. The fourth-order valence-electron chi connectivity index (χ4n) is 4.84. The van der Waals surface area contributed by atoms with Gasteiger partial charge in [0.25, 0.3) is 0 Å². The van der Waals surface area contributed by atoms with Gasteiger partial charge in [-0.25, -0.2) is 4.63 Å². The summed E-state index contributed by atoms with van der Waals surface area (Å²) in [6.45, 7) is -0.599. The van der Waals surface area contributed by atoms with Gasteiger partial charge in [-0.05, 0) is 29.2 Å². The third kappa shape index (κ3) is 7.12. The molecule has 3 heterocycles. The Kier molecular flexibility index (Phi) is 11.3. The normalized spacial score (nSPS) is 33.6. The zero-order chi connectivity index (χ0) is 30.4. The largest absolute Gasteiger partial charge is 0.394 e. The lowest BCUT2D eigenvalue weighted by Crippen LogP contribution is -2.64. The lowest BCUT2D eigenvalue weighted by atomic mass is 9.97. The van der Waals surface area contributed by atoms with Crippen LogP contribution in [0.15, 0.2) is 16.8 Å². The van der Waals surface area contributed by atoms with Crippen LogP contribution >= 0.6 is 0 Å². The molecule has 2 fully saturated rings. The minimum absolute atomic E-state index is 0.0644. The van der Waals surface area contributed by atoms with E-state index in [0.29, 0.717) is 18.7 Å². The molecule has 0 bridgehead atoms. The Labute approximate surface area is 238 Å². The van der Waals surface area contributed by atoms with E-state index < -0.39 is 79.5 Å². The van der Waals surface area contributed by atoms with Crippen LogP contribution < -0.4 is 5.32 Å². The van der Waals surface area contributed by atoms with Crippen molar-refractivity contribution in [2.75, 3.05) is 31.7 Å². The fourth-order valence-corrected chi connectivity index (χ4v) is 4.84. The summed E-state index contributed by atoms with van der Waals surface area (Å²) in [5.74, 6) is 0. The molecule has 8 N–H and O–H groups in total. The Balaban J connectivity index is 1.18. The van der Waals surface area contributed by atoms with E-state index in [9.17, 15) is 45.9 Å². The van der Waals surface area contributed by atoms with E-state index in [1.165, 1.54) is 6.07 Å². The fraction of sp³-hybridized carbons (Fsp3) is 0.750. The first-order valence-electron chi connectivity index (χ1n) is 13.5. The minimum atomic E-state index is -1.75. The number of hydrogen-bond donors (Lipinski definition) is 8. The van der Waals surface area contributed by atoms with Gasteiger partial charge in [0.05, 0.1) is 23.8 Å². The highest BCUT2D eigenvalue weighted by molar-refractivity contribution is 5.93. The number of aliphatic hydroxyl groups excluding tert-OH is 7. The van der Waals surface area contributed by atoms with Crippen molar-refractivity contribution in [1.82, 2.24) is 10.3 Å². The quantitative estimate of drug-likeness (QED) is 0.0642. The van der Waals surface area contributed by atoms with Crippen LogP contribution in [0.4, 0.5) is 11.4 Å². The minimum Gasteiger partial charge on any atom is -0.394 e. The highest BCUT2D eigenvalue weighted by Gasteiger charge is 2.50. The molecule has 1 aromatic carbocycles. The summed E-state index contributed by atoms with van der Waals surface area (Å²) in [5.41, 5.74) is 0.704. The lowest BCUT2D eigenvalue weighted by molar-refractivity contribution is -0.383. The average molecular weight is 605 g/mol. The maximum atomic E-state index is 11.1. The van der Waals surface area contributed by atoms with Crippen LogP contribution in [-0.2, 0) is 18.9 Å². The molecular formula is C24H36N4O14. The number of benzene rings is 1. The SMILES string of the molecule is O=[N+]([O-])c1ccc(NCCCCCCO[C@@H]2O[C@H](CO)[C@@H](O[C@@H]3O[C@H](CO)[C@H](O)[C@H](O)[C@H]3O)[C@H](O)[C@H]2O)c2nonc12. The molecule has 2 aromatic rings. The molecule has 236 valence electrons. The van der Waals surface area contributed by atoms with Crippen molar-refractivity contribution in [1.29, 1.82) is 0 Å². The van der Waals surface area contributed by atoms with Crippen LogP contribution in [0.1, 0.15) is 25.7 Å². The predicted molar refractivity (Wildman–Crippen MR) is 138 cm³/mol. The molecule has 10 atom stereocenters. The number of nitrogens with zero attached hydrogens (tertiary/aromatic N) is 3. The van der Waals surface area contributed by atoms with Crippen molar-refractivity contribution in [3.8, 4) is 0 Å². The number of aromatic nitrogens is 2. The van der Waals surface area contributed by atoms with E-state index in [0.717, 1.165) is 19.3 Å². The number of hydrogen-bond acceptors (Lipinski definition) is 17. The molecule has 42 heavy (non-hydrogen) atoms. The van der Waals surface area contributed by atoms with Crippen LogP contribution in [0, 0.1) is 10.1 Å². The van der Waals surface area contributed by atoms with Gasteiger partial charge in [-0.15, -0.1) is 0 Å². The van der Waals surface area contributed by atoms with Crippen molar-refractivity contribution < 1.29 is 64.2 Å². The van der Waals surface area contributed by atoms with E-state index in [4.69, 9.17) is 18.9 Å². The summed E-state index contributed by atoms with van der Waals surface area (Å²) < 4.78 is 26.6. The first-order chi connectivity index (χ1) is 20.2. The number of non-ortho nitro benzene ring substituents is 1. The van der Waals surface area contributed by atoms with Crippen LogP contribution in [0.2, 0.25) is 0 Å². The summed E-state index contributed by atoms with van der Waals surface area (Å²) in [7, 11) is 0. The Morgan fingerprint density at radius 1 is 0.833 bits per heavy atom. The molecule has 4 rings (SSSR count). The zero-order valence-electron chi connectivity index (χ0n) is 22.4. The molecule has 18 nitrogen and oxygen atoms in total. The maximum absolute atomic E-state index is 11.1. The number of anilines is 1. The van der Waals surface area contributed by atoms with Gasteiger partial charge in [-0.3, -0.25) is 10.1 Å². The first-order valence-corrected chi connectivity index (χ1v) is 13.5. The molecule has 0 spiro atoms. The van der Waals surface area contributed by atoms with Crippen molar-refractivity contribution in [2.45, 2.75) is 87.1 Å². The molecular weight excluding hydrogens is 568 g/mol. The van der Waals surface area contributed by atoms with Crippen molar-refractivity contribution >= 4 is 22.4 Å². The molecule has 1 aromatic heterocycles. The lowest BCUT2D eigenvalue weighted by Gasteiger charge is -2.45. The molecule has 0 saturated carbocycles. The first kappa shape index (κ1) is 32.3. The van der Waals surface area contributed by atoms with E-state index in [1.807, 2.05) is 0 Å². The highest BCUT2D eigenvalue weighted by atomic mass is 16.7. The summed E-state index contributed by atoms with van der Waals surface area (Å²) >= 11 is 0. The van der Waals surface area contributed by atoms with Crippen molar-refractivity contribution in [2.24, 2.45) is 0 Å². The van der Waals surface area contributed by atoms with Crippen LogP contribution in [0.25, 0.3) is 11.0 Å². The van der Waals surface area contributed by atoms with Crippen molar-refractivity contribution in [3.05, 3.63) is 22.2 Å². The number of aliphatic hydroxyl groups is 7. The van der Waals surface area contributed by atoms with Crippen molar-refractivity contribution in [3.63, 3.8) is 0 Å². The smallest absolute Gasteiger partial charge is 0.300 e. The van der Waals surface area contributed by atoms with Gasteiger partial charge >= 0.3 is 5.69 Å². The molecule has 2 aliphatic rings. The number of ether oxygens (including phenoxy) is 4. The molecule has 0 radical (unpaired) electrons. The van der Waals surface area contributed by atoms with Crippen LogP contribution in [-0.4, -0.2) is 139 Å². The molecule has 2 saturated heterocycles. The Morgan fingerprint density at radius 3 is 2.21 bits per heavy atom. The number of rotatable bonds is 14. The maximum Gasteiger partial charge on any atom is 0.300 e. The Morgan fingerprint density at radius 2 is 1.50 bits per heavy atom. The molecule has 18 heteroatoms. The standard InChI is InChI=1S/C24H36N4O14/c29-9-13-17(31)18(32)20(34)24(39-13)41-22-14(10-30)40-23(21(35)19(22)33)38-8-4-2-1-3-7-25-11-5-6-12(28(36)37)16-15(11)26-42-27-16/h5-6,13-14,17-25,29-35H,1-4,7-10H2/t13-,14-,17+,18+,19-,20-,21-,22-,23-,24+/m1/s1. The van der Waals surface area contributed by atoms with Gasteiger partial charge in [-0.2, -0.15) is 0 Å². The molecule has 0 amide bonds. The Bertz CT molecular complexity index is 1150. The zero-order valence-corrected chi connectivity index (χ0v) is 22.4. The van der Waals surface area contributed by atoms with Crippen LogP contribution in [0.5, 0.6) is 0 Å². The topological polar surface area (TPSA) is 273 Å². The number of fused-ring (bicyclic) bond motifs is 1. The monoisotopic (exact) mass is 604 g/mol. The van der Waals surface area contributed by atoms with Gasteiger partial charge in [0.1, 0.15) is 48.8 Å². The van der Waals surface area contributed by atoms with Gasteiger partial charge in [-0.1, -0.05) is 12.8 Å². The molecule has 0 aliphatic carbocycles.